The molecule has 2 aliphatic rings. The van der Waals surface area contributed by atoms with Crippen molar-refractivity contribution in [2.45, 2.75) is 32.2 Å². The van der Waals surface area contributed by atoms with Gasteiger partial charge in [-0.2, -0.15) is 0 Å². The van der Waals surface area contributed by atoms with Crippen LogP contribution in [0.4, 0.5) is 5.69 Å². The third kappa shape index (κ3) is 9.01. The monoisotopic (exact) mass is 574 g/mol. The molecule has 1 unspecified atom stereocenters. The van der Waals surface area contributed by atoms with Crippen LogP contribution in [0.3, 0.4) is 0 Å². The summed E-state index contributed by atoms with van der Waals surface area (Å²) < 4.78 is 10.9. The second-order valence-corrected chi connectivity index (χ2v) is 8.76. The van der Waals surface area contributed by atoms with Crippen LogP contribution in [0.2, 0.25) is 0 Å². The van der Waals surface area contributed by atoms with Crippen molar-refractivity contribution < 1.29 is 9.47 Å². The number of halogens is 1. The first kappa shape index (κ1) is 27.8. The zero-order chi connectivity index (χ0) is 22.8. The molecule has 0 aliphatic carbocycles. The Bertz CT molecular complexity index is 713. The van der Waals surface area contributed by atoms with Crippen molar-refractivity contribution in [3.8, 4) is 11.5 Å². The van der Waals surface area contributed by atoms with Crippen molar-refractivity contribution in [3.63, 3.8) is 0 Å². The van der Waals surface area contributed by atoms with Gasteiger partial charge in [0, 0.05) is 69.2 Å². The molecule has 2 heterocycles. The Kier molecular flexibility index (Phi) is 12.4. The normalized spacial score (nSPS) is 20.2. The predicted octanol–water partition coefficient (Wildman–Crippen LogP) is 2.48. The molecule has 0 saturated carbocycles. The van der Waals surface area contributed by atoms with Gasteiger partial charge in [-0.05, 0) is 52.9 Å². The van der Waals surface area contributed by atoms with Crippen molar-refractivity contribution >= 4 is 35.6 Å². The average Bonchev–Trinajstić information content (AvgIpc) is 3.17. The van der Waals surface area contributed by atoms with Crippen LogP contribution < -0.4 is 25.0 Å². The van der Waals surface area contributed by atoms with Gasteiger partial charge in [-0.3, -0.25) is 4.99 Å². The zero-order valence-electron chi connectivity index (χ0n) is 20.8. The average molecular weight is 575 g/mol. The van der Waals surface area contributed by atoms with E-state index in [9.17, 15) is 0 Å². The highest BCUT2D eigenvalue weighted by atomic mass is 127. The number of benzene rings is 1. The SMILES string of the molecule is CCNC(=NCCCN1CCCN(C)CC1)NC1CCN(c2cc(OC)cc(OC)c2)C1.I. The van der Waals surface area contributed by atoms with E-state index in [-0.39, 0.29) is 24.0 Å². The van der Waals surface area contributed by atoms with Crippen molar-refractivity contribution in [3.05, 3.63) is 18.2 Å². The van der Waals surface area contributed by atoms with Gasteiger partial charge in [0.25, 0.3) is 0 Å². The van der Waals surface area contributed by atoms with Gasteiger partial charge in [0.05, 0.1) is 14.2 Å². The first-order chi connectivity index (χ1) is 15.6. The summed E-state index contributed by atoms with van der Waals surface area (Å²) >= 11 is 0. The number of anilines is 1. The summed E-state index contributed by atoms with van der Waals surface area (Å²) in [6.07, 6.45) is 3.44. The fourth-order valence-electron chi connectivity index (χ4n) is 4.41. The Balaban J connectivity index is 0.00000385. The van der Waals surface area contributed by atoms with Gasteiger partial charge in [0.1, 0.15) is 11.5 Å². The van der Waals surface area contributed by atoms with Crippen LogP contribution >= 0.6 is 24.0 Å². The Hall–Kier alpha value is -1.46. The van der Waals surface area contributed by atoms with Crippen molar-refractivity contribution in [2.75, 3.05) is 85.1 Å². The summed E-state index contributed by atoms with van der Waals surface area (Å²) in [5, 5.41) is 7.06. The van der Waals surface area contributed by atoms with Gasteiger partial charge in [0.15, 0.2) is 5.96 Å². The minimum absolute atomic E-state index is 0. The second-order valence-electron chi connectivity index (χ2n) is 8.76. The maximum Gasteiger partial charge on any atom is 0.191 e. The summed E-state index contributed by atoms with van der Waals surface area (Å²) in [5.74, 6) is 2.57. The fraction of sp³-hybridized carbons (Fsp3) is 0.708. The van der Waals surface area contributed by atoms with Crippen LogP contribution in [0.5, 0.6) is 11.5 Å². The Morgan fingerprint density at radius 2 is 1.82 bits per heavy atom. The number of rotatable bonds is 9. The van der Waals surface area contributed by atoms with E-state index in [2.05, 4.69) is 51.4 Å². The highest BCUT2D eigenvalue weighted by molar-refractivity contribution is 14.0. The third-order valence-corrected chi connectivity index (χ3v) is 6.29. The van der Waals surface area contributed by atoms with E-state index in [0.29, 0.717) is 6.04 Å². The molecule has 1 aromatic rings. The van der Waals surface area contributed by atoms with E-state index in [1.165, 1.54) is 32.6 Å². The predicted molar refractivity (Wildman–Crippen MR) is 148 cm³/mol. The number of methoxy groups -OCH3 is 2. The lowest BCUT2D eigenvalue weighted by Gasteiger charge is -2.22. The number of ether oxygens (including phenoxy) is 2. The van der Waals surface area contributed by atoms with Crippen LogP contribution in [0, 0.1) is 0 Å². The summed E-state index contributed by atoms with van der Waals surface area (Å²) in [4.78, 5) is 12.2. The topological polar surface area (TPSA) is 64.6 Å². The lowest BCUT2D eigenvalue weighted by Crippen LogP contribution is -2.44. The number of aliphatic imine (C=N–C) groups is 1. The zero-order valence-corrected chi connectivity index (χ0v) is 23.1. The molecule has 0 bridgehead atoms. The molecule has 0 radical (unpaired) electrons. The Morgan fingerprint density at radius 3 is 2.52 bits per heavy atom. The van der Waals surface area contributed by atoms with E-state index in [4.69, 9.17) is 14.5 Å². The molecule has 33 heavy (non-hydrogen) atoms. The summed E-state index contributed by atoms with van der Waals surface area (Å²) in [6, 6.07) is 6.43. The molecule has 0 amide bonds. The largest absolute Gasteiger partial charge is 0.497 e. The molecule has 8 nitrogen and oxygen atoms in total. The first-order valence-corrected chi connectivity index (χ1v) is 12.0. The molecule has 1 aromatic carbocycles. The summed E-state index contributed by atoms with van der Waals surface area (Å²) in [7, 11) is 5.60. The lowest BCUT2D eigenvalue weighted by molar-refractivity contribution is 0.275. The molecule has 2 aliphatic heterocycles. The number of nitrogens with zero attached hydrogens (tertiary/aromatic N) is 4. The number of likely N-dealkylation sites (N-methyl/N-ethyl adjacent to an activating group) is 1. The minimum atomic E-state index is 0. The summed E-state index contributed by atoms with van der Waals surface area (Å²) in [6.45, 7) is 11.7. The lowest BCUT2D eigenvalue weighted by atomic mass is 10.2. The molecule has 2 saturated heterocycles. The van der Waals surface area contributed by atoms with Crippen molar-refractivity contribution in [1.82, 2.24) is 20.4 Å². The van der Waals surface area contributed by atoms with Crippen LogP contribution in [0.15, 0.2) is 23.2 Å². The van der Waals surface area contributed by atoms with Crippen LogP contribution in [0.1, 0.15) is 26.2 Å². The third-order valence-electron chi connectivity index (χ3n) is 6.29. The molecule has 2 N–H and O–H groups in total. The molecule has 9 heteroatoms. The van der Waals surface area contributed by atoms with Crippen molar-refractivity contribution in [1.29, 1.82) is 0 Å². The molecule has 1 atom stereocenters. The first-order valence-electron chi connectivity index (χ1n) is 12.0. The van der Waals surface area contributed by atoms with E-state index in [1.807, 2.05) is 6.07 Å². The van der Waals surface area contributed by atoms with Gasteiger partial charge in [0.2, 0.25) is 0 Å². The van der Waals surface area contributed by atoms with E-state index in [0.717, 1.165) is 68.7 Å². The standard InChI is InChI=1S/C24H42N6O2.HI/c1-5-25-24(26-9-6-11-29-12-7-10-28(2)14-15-29)27-20-8-13-30(19-20)21-16-22(31-3)18-23(17-21)32-4;/h16-18,20H,5-15,19H2,1-4H3,(H2,25,26,27);1H. The minimum Gasteiger partial charge on any atom is -0.497 e. The van der Waals surface area contributed by atoms with Gasteiger partial charge in [-0.1, -0.05) is 0 Å². The second kappa shape index (κ2) is 14.7. The molecule has 2 fully saturated rings. The number of hydrogen-bond donors (Lipinski definition) is 2. The van der Waals surface area contributed by atoms with Gasteiger partial charge in [-0.15, -0.1) is 24.0 Å². The Morgan fingerprint density at radius 1 is 1.06 bits per heavy atom. The van der Waals surface area contributed by atoms with Crippen LogP contribution in [0.25, 0.3) is 0 Å². The highest BCUT2D eigenvalue weighted by Gasteiger charge is 2.24. The maximum atomic E-state index is 5.43. The van der Waals surface area contributed by atoms with Crippen molar-refractivity contribution in [2.24, 2.45) is 4.99 Å². The van der Waals surface area contributed by atoms with Gasteiger partial charge < -0.3 is 34.8 Å². The maximum absolute atomic E-state index is 5.43. The molecule has 188 valence electrons. The smallest absolute Gasteiger partial charge is 0.191 e. The summed E-state index contributed by atoms with van der Waals surface area (Å²) in [5.41, 5.74) is 1.13. The molecular weight excluding hydrogens is 531 g/mol. The van der Waals surface area contributed by atoms with Gasteiger partial charge in [-0.25, -0.2) is 0 Å². The quantitative estimate of drug-likeness (QED) is 0.204. The number of nitrogens with one attached hydrogen (secondary N) is 2. The highest BCUT2D eigenvalue weighted by Crippen LogP contribution is 2.30. The Labute approximate surface area is 217 Å². The van der Waals surface area contributed by atoms with E-state index in [1.54, 1.807) is 14.2 Å². The van der Waals surface area contributed by atoms with Gasteiger partial charge >= 0.3 is 0 Å². The molecular formula is C24H43IN6O2. The van der Waals surface area contributed by atoms with Crippen LogP contribution in [-0.4, -0.2) is 102 Å². The number of hydrogen-bond acceptors (Lipinski definition) is 6. The molecule has 0 spiro atoms. The molecule has 3 rings (SSSR count). The van der Waals surface area contributed by atoms with Crippen LogP contribution in [-0.2, 0) is 0 Å². The van der Waals surface area contributed by atoms with E-state index >= 15 is 0 Å². The fourth-order valence-corrected chi connectivity index (χ4v) is 4.41. The van der Waals surface area contributed by atoms with E-state index < -0.39 is 0 Å². The molecule has 0 aromatic heterocycles. The number of guanidine groups is 1.